The van der Waals surface area contributed by atoms with Crippen molar-refractivity contribution in [1.29, 1.82) is 0 Å². The molecule has 0 saturated carbocycles. The molecule has 3 atom stereocenters. The van der Waals surface area contributed by atoms with E-state index in [0.29, 0.717) is 18.1 Å². The second-order valence-corrected chi connectivity index (χ2v) is 11.2. The zero-order valence-corrected chi connectivity index (χ0v) is 21.9. The fourth-order valence-electron chi connectivity index (χ4n) is 6.58. The Morgan fingerprint density at radius 3 is 2.50 bits per heavy atom. The largest absolute Gasteiger partial charge is 0.319 e. The van der Waals surface area contributed by atoms with Crippen LogP contribution in [0.15, 0.2) is 36.7 Å². The van der Waals surface area contributed by atoms with Crippen molar-refractivity contribution >= 4 is 22.8 Å². The van der Waals surface area contributed by atoms with Crippen LogP contribution in [0, 0.1) is 23.5 Å². The highest BCUT2D eigenvalue weighted by atomic mass is 19.3. The zero-order chi connectivity index (χ0) is 27.5. The van der Waals surface area contributed by atoms with E-state index >= 15 is 0 Å². The minimum atomic E-state index is -2.62. The van der Waals surface area contributed by atoms with E-state index in [0.717, 1.165) is 62.4 Å². The summed E-state index contributed by atoms with van der Waals surface area (Å²) in [6.45, 7) is 5.34. The molecule has 0 spiro atoms. The minimum Gasteiger partial charge on any atom is -0.319 e. The molecular formula is C28H28F4N8. The van der Waals surface area contributed by atoms with Crippen molar-refractivity contribution in [2.75, 3.05) is 38.5 Å². The fourth-order valence-corrected chi connectivity index (χ4v) is 6.58. The van der Waals surface area contributed by atoms with Crippen LogP contribution in [0.2, 0.25) is 0 Å². The van der Waals surface area contributed by atoms with Crippen LogP contribution in [0.3, 0.4) is 0 Å². The number of likely N-dealkylation sites (tertiary alicyclic amines) is 2. The molecule has 0 bridgehead atoms. The monoisotopic (exact) mass is 552 g/mol. The number of rotatable bonds is 6. The van der Waals surface area contributed by atoms with Gasteiger partial charge >= 0.3 is 0 Å². The van der Waals surface area contributed by atoms with E-state index in [4.69, 9.17) is 0 Å². The number of pyridine rings is 1. The number of alkyl halides is 2. The average molecular weight is 553 g/mol. The lowest BCUT2D eigenvalue weighted by atomic mass is 10.0. The minimum absolute atomic E-state index is 0.00863. The highest BCUT2D eigenvalue weighted by Gasteiger charge is 2.38. The van der Waals surface area contributed by atoms with E-state index < -0.39 is 24.1 Å². The molecule has 12 heteroatoms. The molecule has 3 aliphatic heterocycles. The number of aryl methyl sites for hydroxylation is 1. The smallest absolute Gasteiger partial charge is 0.259 e. The van der Waals surface area contributed by atoms with Gasteiger partial charge in [0.2, 0.25) is 5.95 Å². The molecular weight excluding hydrogens is 524 g/mol. The zero-order valence-electron chi connectivity index (χ0n) is 21.9. The maximum atomic E-state index is 15.0. The SMILES string of the molecule is CN1CC2CN(Cc3ccc(Nc4ncc(F)c(-c5cc(F)c6nc7n(c6c5)C(C(F)F)CC7)n4)nc3)CC2C1. The van der Waals surface area contributed by atoms with Crippen LogP contribution >= 0.6 is 0 Å². The van der Waals surface area contributed by atoms with Crippen LogP contribution in [0.1, 0.15) is 23.9 Å². The Hall–Kier alpha value is -3.64. The van der Waals surface area contributed by atoms with Crippen molar-refractivity contribution in [3.63, 3.8) is 0 Å². The topological polar surface area (TPSA) is 75.0 Å². The van der Waals surface area contributed by atoms with Crippen LogP contribution in [-0.2, 0) is 13.0 Å². The molecule has 7 rings (SSSR count). The number of anilines is 2. The summed E-state index contributed by atoms with van der Waals surface area (Å²) in [4.78, 5) is 21.8. The lowest BCUT2D eigenvalue weighted by Crippen LogP contribution is -2.26. The molecule has 3 aromatic heterocycles. The number of halogens is 4. The average Bonchev–Trinajstić information content (AvgIpc) is 3.66. The summed E-state index contributed by atoms with van der Waals surface area (Å²) in [5.74, 6) is 0.948. The second-order valence-electron chi connectivity index (χ2n) is 11.2. The van der Waals surface area contributed by atoms with Gasteiger partial charge in [-0.1, -0.05) is 6.07 Å². The maximum absolute atomic E-state index is 15.0. The molecule has 0 amide bonds. The molecule has 1 aromatic carbocycles. The molecule has 6 heterocycles. The van der Waals surface area contributed by atoms with Gasteiger partial charge in [-0.3, -0.25) is 4.90 Å². The number of nitrogens with zero attached hydrogens (tertiary/aromatic N) is 7. The highest BCUT2D eigenvalue weighted by molar-refractivity contribution is 5.83. The quantitative estimate of drug-likeness (QED) is 0.349. The van der Waals surface area contributed by atoms with Gasteiger partial charge in [0.15, 0.2) is 11.6 Å². The summed E-state index contributed by atoms with van der Waals surface area (Å²) in [5.41, 5.74) is 1.25. The number of nitrogens with one attached hydrogen (secondary N) is 1. The number of aromatic nitrogens is 5. The van der Waals surface area contributed by atoms with E-state index in [1.54, 1.807) is 6.20 Å². The summed E-state index contributed by atoms with van der Waals surface area (Å²) in [6.07, 6.45) is 0.728. The van der Waals surface area contributed by atoms with Gasteiger partial charge in [0.25, 0.3) is 6.43 Å². The maximum Gasteiger partial charge on any atom is 0.259 e. The number of hydrogen-bond acceptors (Lipinski definition) is 7. The molecule has 4 aromatic rings. The Morgan fingerprint density at radius 1 is 0.975 bits per heavy atom. The van der Waals surface area contributed by atoms with Crippen molar-refractivity contribution < 1.29 is 17.6 Å². The molecule has 0 radical (unpaired) electrons. The third-order valence-electron chi connectivity index (χ3n) is 8.34. The van der Waals surface area contributed by atoms with Crippen LogP contribution in [0.25, 0.3) is 22.3 Å². The highest BCUT2D eigenvalue weighted by Crippen LogP contribution is 2.37. The standard InChI is InChI=1S/C28H28F4N8/c1-38-11-17-13-39(14-18(17)12-38)10-15-2-4-23(33-8-15)35-28-34-9-20(30)25(37-28)16-6-19(29)26-22(7-16)40-21(27(31)32)3-5-24(40)36-26/h2,4,6-9,17-18,21,27H,3,5,10-14H2,1H3,(H,33,34,35,37). The van der Waals surface area contributed by atoms with Crippen molar-refractivity contribution in [3.05, 3.63) is 59.7 Å². The van der Waals surface area contributed by atoms with Crippen LogP contribution in [0.5, 0.6) is 0 Å². The fraction of sp³-hybridized carbons (Fsp3) is 0.429. The Bertz CT molecular complexity index is 1560. The first-order valence-corrected chi connectivity index (χ1v) is 13.5. The first kappa shape index (κ1) is 25.3. The van der Waals surface area contributed by atoms with E-state index in [1.165, 1.54) is 10.6 Å². The summed E-state index contributed by atoms with van der Waals surface area (Å²) < 4.78 is 58.4. The second kappa shape index (κ2) is 9.77. The van der Waals surface area contributed by atoms with Gasteiger partial charge in [-0.05, 0) is 49.1 Å². The summed E-state index contributed by atoms with van der Waals surface area (Å²) in [7, 11) is 2.18. The van der Waals surface area contributed by atoms with Gasteiger partial charge < -0.3 is 14.8 Å². The first-order valence-electron chi connectivity index (χ1n) is 13.5. The molecule has 2 saturated heterocycles. The molecule has 2 fully saturated rings. The van der Waals surface area contributed by atoms with Crippen molar-refractivity contribution in [3.8, 4) is 11.3 Å². The summed E-state index contributed by atoms with van der Waals surface area (Å²) >= 11 is 0. The number of hydrogen-bond donors (Lipinski definition) is 1. The molecule has 40 heavy (non-hydrogen) atoms. The molecule has 3 aliphatic rings. The lowest BCUT2D eigenvalue weighted by molar-refractivity contribution is 0.0883. The predicted octanol–water partition coefficient (Wildman–Crippen LogP) is 4.66. The Balaban J connectivity index is 1.10. The van der Waals surface area contributed by atoms with Gasteiger partial charge in [-0.2, -0.15) is 0 Å². The number of imidazole rings is 1. The third kappa shape index (κ3) is 4.48. The van der Waals surface area contributed by atoms with Gasteiger partial charge in [0.05, 0.1) is 17.8 Å². The molecule has 3 unspecified atom stereocenters. The number of benzene rings is 1. The van der Waals surface area contributed by atoms with E-state index in [1.807, 2.05) is 12.1 Å². The van der Waals surface area contributed by atoms with Gasteiger partial charge in [0, 0.05) is 50.9 Å². The first-order chi connectivity index (χ1) is 19.3. The van der Waals surface area contributed by atoms with E-state index in [2.05, 4.69) is 42.1 Å². The van der Waals surface area contributed by atoms with Gasteiger partial charge in [-0.25, -0.2) is 37.5 Å². The lowest BCUT2D eigenvalue weighted by Gasteiger charge is -2.19. The van der Waals surface area contributed by atoms with Crippen molar-refractivity contribution in [1.82, 2.24) is 34.3 Å². The normalized spacial score (nSPS) is 22.9. The molecule has 0 aliphatic carbocycles. The Kier molecular flexibility index (Phi) is 6.19. The van der Waals surface area contributed by atoms with Crippen LogP contribution < -0.4 is 5.32 Å². The van der Waals surface area contributed by atoms with Crippen LogP contribution in [0.4, 0.5) is 29.3 Å². The van der Waals surface area contributed by atoms with E-state index in [-0.39, 0.29) is 34.7 Å². The Morgan fingerprint density at radius 2 is 1.77 bits per heavy atom. The van der Waals surface area contributed by atoms with Crippen molar-refractivity contribution in [2.24, 2.45) is 11.8 Å². The van der Waals surface area contributed by atoms with E-state index in [9.17, 15) is 17.6 Å². The summed E-state index contributed by atoms with van der Waals surface area (Å²) in [6, 6.07) is 5.29. The molecule has 208 valence electrons. The molecule has 1 N–H and O–H groups in total. The summed E-state index contributed by atoms with van der Waals surface area (Å²) in [5, 5.41) is 2.98. The number of fused-ring (bicyclic) bond motifs is 4. The van der Waals surface area contributed by atoms with Gasteiger partial charge in [0.1, 0.15) is 22.9 Å². The predicted molar refractivity (Wildman–Crippen MR) is 141 cm³/mol. The van der Waals surface area contributed by atoms with Gasteiger partial charge in [-0.15, -0.1) is 0 Å². The Labute approximate surface area is 228 Å². The molecule has 8 nitrogen and oxygen atoms in total. The van der Waals surface area contributed by atoms with Crippen LogP contribution in [-0.4, -0.2) is 74.0 Å². The van der Waals surface area contributed by atoms with Crippen molar-refractivity contribution in [2.45, 2.75) is 31.9 Å². The third-order valence-corrected chi connectivity index (χ3v) is 8.34.